The number of likely N-dealkylation sites (tertiary alicyclic amines) is 1. The summed E-state index contributed by atoms with van der Waals surface area (Å²) < 4.78 is 0. The first-order chi connectivity index (χ1) is 15.4. The largest absolute Gasteiger partial charge is 0.373 e. The van der Waals surface area contributed by atoms with E-state index in [1.165, 1.54) is 32.4 Å². The summed E-state index contributed by atoms with van der Waals surface area (Å²) in [7, 11) is 1.91. The second-order valence-corrected chi connectivity index (χ2v) is 9.81. The van der Waals surface area contributed by atoms with Gasteiger partial charge < -0.3 is 5.32 Å². The Morgan fingerprint density at radius 2 is 1.75 bits per heavy atom. The number of aromatic nitrogens is 1. The van der Waals surface area contributed by atoms with Gasteiger partial charge >= 0.3 is 0 Å². The van der Waals surface area contributed by atoms with Crippen LogP contribution in [-0.2, 0) is 13.0 Å². The molecule has 1 aliphatic heterocycles. The third-order valence-corrected chi connectivity index (χ3v) is 6.60. The molecule has 2 heterocycles. The zero-order chi connectivity index (χ0) is 23.5. The van der Waals surface area contributed by atoms with Gasteiger partial charge in [0.25, 0.3) is 0 Å². The Hall–Kier alpha value is -2.13. The predicted molar refractivity (Wildman–Crippen MR) is 140 cm³/mol. The maximum absolute atomic E-state index is 4.53. The Bertz CT molecular complexity index is 806. The van der Waals surface area contributed by atoms with Crippen molar-refractivity contribution in [3.05, 3.63) is 71.9 Å². The molecule has 0 spiro atoms. The Kier molecular flexibility index (Phi) is 11.0. The fourth-order valence-electron chi connectivity index (χ4n) is 4.58. The van der Waals surface area contributed by atoms with Crippen molar-refractivity contribution in [2.45, 2.75) is 66.3 Å². The SMILES string of the molecule is C=CC.CC(C)C1CCCc2ccccc21.CNc1cccc(CN2CC(C(C)C)C2)n1. The van der Waals surface area contributed by atoms with Crippen molar-refractivity contribution in [3.8, 4) is 0 Å². The quantitative estimate of drug-likeness (QED) is 0.505. The summed E-state index contributed by atoms with van der Waals surface area (Å²) >= 11 is 0. The van der Waals surface area contributed by atoms with Gasteiger partial charge in [-0.2, -0.15) is 0 Å². The van der Waals surface area contributed by atoms with Crippen LogP contribution in [0, 0.1) is 17.8 Å². The van der Waals surface area contributed by atoms with Crippen LogP contribution in [0.15, 0.2) is 55.1 Å². The third-order valence-electron chi connectivity index (χ3n) is 6.60. The lowest BCUT2D eigenvalue weighted by Crippen LogP contribution is -2.48. The van der Waals surface area contributed by atoms with E-state index < -0.39 is 0 Å². The lowest BCUT2D eigenvalue weighted by Gasteiger charge is -2.41. The van der Waals surface area contributed by atoms with E-state index in [-0.39, 0.29) is 0 Å². The molecule has 3 heteroatoms. The number of aryl methyl sites for hydroxylation is 1. The van der Waals surface area contributed by atoms with E-state index in [2.05, 4.69) is 85.9 Å². The van der Waals surface area contributed by atoms with Gasteiger partial charge in [-0.1, -0.05) is 64.1 Å². The number of benzene rings is 1. The van der Waals surface area contributed by atoms with Crippen LogP contribution < -0.4 is 5.32 Å². The van der Waals surface area contributed by atoms with E-state index in [1.807, 2.05) is 20.0 Å². The molecule has 1 atom stereocenters. The molecule has 1 saturated heterocycles. The number of anilines is 1. The average molecular weight is 436 g/mol. The number of nitrogens with one attached hydrogen (secondary N) is 1. The van der Waals surface area contributed by atoms with Crippen LogP contribution in [0.25, 0.3) is 0 Å². The molecule has 2 aliphatic rings. The maximum atomic E-state index is 4.53. The first-order valence-corrected chi connectivity index (χ1v) is 12.4. The smallest absolute Gasteiger partial charge is 0.126 e. The molecule has 1 aliphatic carbocycles. The Labute approximate surface area is 197 Å². The minimum atomic E-state index is 0.793. The Morgan fingerprint density at radius 3 is 2.38 bits per heavy atom. The number of rotatable bonds is 5. The second-order valence-electron chi connectivity index (χ2n) is 9.81. The van der Waals surface area contributed by atoms with Gasteiger partial charge in [0.1, 0.15) is 5.82 Å². The van der Waals surface area contributed by atoms with E-state index in [4.69, 9.17) is 0 Å². The molecule has 176 valence electrons. The summed E-state index contributed by atoms with van der Waals surface area (Å²) in [4.78, 5) is 6.99. The van der Waals surface area contributed by atoms with Crippen LogP contribution in [0.5, 0.6) is 0 Å². The van der Waals surface area contributed by atoms with E-state index in [0.717, 1.165) is 41.7 Å². The van der Waals surface area contributed by atoms with E-state index in [1.54, 1.807) is 17.2 Å². The zero-order valence-electron chi connectivity index (χ0n) is 21.3. The molecular formula is C29H45N3. The number of nitrogens with zero attached hydrogens (tertiary/aromatic N) is 2. The molecule has 0 bridgehead atoms. The Balaban J connectivity index is 0.000000206. The molecular weight excluding hydrogens is 390 g/mol. The standard InChI is InChI=1S/C13H21N3.C13H18.C3H6/c1-10(2)11-7-16(8-11)9-12-5-4-6-13(14-3)15-12;1-10(2)12-9-5-7-11-6-3-4-8-13(11)12;1-3-2/h4-6,10-11H,7-9H2,1-3H3,(H,14,15);3-4,6,8,10,12H,5,7,9H2,1-2H3;3H,1H2,2H3. The molecule has 1 aromatic carbocycles. The Morgan fingerprint density at radius 1 is 1.06 bits per heavy atom. The molecule has 32 heavy (non-hydrogen) atoms. The van der Waals surface area contributed by atoms with Gasteiger partial charge in [-0.05, 0) is 73.1 Å². The van der Waals surface area contributed by atoms with Crippen molar-refractivity contribution in [2.24, 2.45) is 17.8 Å². The molecule has 0 amide bonds. The molecule has 1 aromatic heterocycles. The van der Waals surface area contributed by atoms with Crippen molar-refractivity contribution in [1.29, 1.82) is 0 Å². The minimum absolute atomic E-state index is 0.793. The first kappa shape index (κ1) is 26.1. The first-order valence-electron chi connectivity index (χ1n) is 12.4. The highest BCUT2D eigenvalue weighted by atomic mass is 15.2. The molecule has 3 nitrogen and oxygen atoms in total. The van der Waals surface area contributed by atoms with Crippen LogP contribution in [-0.4, -0.2) is 30.0 Å². The highest BCUT2D eigenvalue weighted by Gasteiger charge is 2.28. The second kappa shape index (κ2) is 13.4. The maximum Gasteiger partial charge on any atom is 0.126 e. The number of fused-ring (bicyclic) bond motifs is 1. The van der Waals surface area contributed by atoms with Gasteiger partial charge in [0.2, 0.25) is 0 Å². The van der Waals surface area contributed by atoms with E-state index in [9.17, 15) is 0 Å². The average Bonchev–Trinajstić information content (AvgIpc) is 2.76. The minimum Gasteiger partial charge on any atom is -0.373 e. The summed E-state index contributed by atoms with van der Waals surface area (Å²) in [5.74, 6) is 4.25. The number of pyridine rings is 1. The van der Waals surface area contributed by atoms with Crippen LogP contribution in [0.1, 0.15) is 70.2 Å². The van der Waals surface area contributed by atoms with Gasteiger partial charge in [0.05, 0.1) is 5.69 Å². The van der Waals surface area contributed by atoms with Crippen LogP contribution in [0.2, 0.25) is 0 Å². The van der Waals surface area contributed by atoms with Crippen LogP contribution in [0.4, 0.5) is 5.82 Å². The van der Waals surface area contributed by atoms with Crippen molar-refractivity contribution < 1.29 is 0 Å². The van der Waals surface area contributed by atoms with Crippen molar-refractivity contribution in [2.75, 3.05) is 25.5 Å². The van der Waals surface area contributed by atoms with Crippen LogP contribution in [0.3, 0.4) is 0 Å². The normalized spacial score (nSPS) is 17.9. The highest BCUT2D eigenvalue weighted by molar-refractivity contribution is 5.34. The molecule has 1 unspecified atom stereocenters. The summed E-state index contributed by atoms with van der Waals surface area (Å²) in [5, 5.41) is 3.07. The third kappa shape index (κ3) is 7.78. The van der Waals surface area contributed by atoms with Crippen molar-refractivity contribution in [1.82, 2.24) is 9.88 Å². The lowest BCUT2D eigenvalue weighted by atomic mass is 9.77. The lowest BCUT2D eigenvalue weighted by molar-refractivity contribution is 0.0603. The summed E-state index contributed by atoms with van der Waals surface area (Å²) in [5.41, 5.74) is 4.37. The van der Waals surface area contributed by atoms with Gasteiger partial charge in [0.15, 0.2) is 0 Å². The van der Waals surface area contributed by atoms with Gasteiger partial charge in [-0.3, -0.25) is 4.90 Å². The van der Waals surface area contributed by atoms with Gasteiger partial charge in [-0.15, -0.1) is 6.58 Å². The van der Waals surface area contributed by atoms with Gasteiger partial charge in [-0.25, -0.2) is 4.98 Å². The van der Waals surface area contributed by atoms with Crippen molar-refractivity contribution in [3.63, 3.8) is 0 Å². The number of hydrogen-bond donors (Lipinski definition) is 1. The number of allylic oxidation sites excluding steroid dienone is 1. The highest BCUT2D eigenvalue weighted by Crippen LogP contribution is 2.36. The van der Waals surface area contributed by atoms with Crippen molar-refractivity contribution >= 4 is 5.82 Å². The fourth-order valence-corrected chi connectivity index (χ4v) is 4.58. The number of hydrogen-bond acceptors (Lipinski definition) is 3. The fraction of sp³-hybridized carbons (Fsp3) is 0.552. The zero-order valence-corrected chi connectivity index (χ0v) is 21.3. The molecule has 0 radical (unpaired) electrons. The van der Waals surface area contributed by atoms with Gasteiger partial charge in [0, 0.05) is 26.7 Å². The summed E-state index contributed by atoms with van der Waals surface area (Å²) in [6, 6.07) is 15.1. The molecule has 4 rings (SSSR count). The van der Waals surface area contributed by atoms with Crippen LogP contribution >= 0.6 is 0 Å². The topological polar surface area (TPSA) is 28.2 Å². The summed E-state index contributed by atoms with van der Waals surface area (Å²) in [6.07, 6.45) is 5.80. The molecule has 1 N–H and O–H groups in total. The predicted octanol–water partition coefficient (Wildman–Crippen LogP) is 7.17. The monoisotopic (exact) mass is 435 g/mol. The van der Waals surface area contributed by atoms with E-state index >= 15 is 0 Å². The molecule has 1 fully saturated rings. The molecule has 0 saturated carbocycles. The summed E-state index contributed by atoms with van der Waals surface area (Å²) in [6.45, 7) is 18.0. The molecule has 2 aromatic rings. The van der Waals surface area contributed by atoms with E-state index in [0.29, 0.717) is 0 Å².